The predicted octanol–water partition coefficient (Wildman–Crippen LogP) is 4.15. The van der Waals surface area contributed by atoms with Crippen molar-refractivity contribution in [3.8, 4) is 0 Å². The first-order valence-corrected chi connectivity index (χ1v) is 9.54. The van der Waals surface area contributed by atoms with Crippen LogP contribution in [0, 0.1) is 0 Å². The number of anilines is 2. The van der Waals surface area contributed by atoms with Crippen molar-refractivity contribution in [2.75, 3.05) is 10.2 Å². The first-order valence-electron chi connectivity index (χ1n) is 9.54. The molecule has 2 heterocycles. The monoisotopic (exact) mass is 395 g/mol. The molecule has 0 unspecified atom stereocenters. The molecule has 1 aromatic heterocycles. The molecule has 0 saturated heterocycles. The number of aromatic amines is 1. The molecule has 5 rings (SSSR count). The first kappa shape index (κ1) is 17.9. The summed E-state index contributed by atoms with van der Waals surface area (Å²) in [6.07, 6.45) is 2.08. The lowest BCUT2D eigenvalue weighted by Crippen LogP contribution is -2.29. The standard InChI is InChI=1S/C24H17N3O3/c28-22(13-15-14-25-21-8-4-3-5-18(15)21)26-16-9-11-17(12-10-16)27-23(29)19-6-1-2-7-20(19)24(27)30/h1-12,14,25H,13H2,(H,26,28). The van der Waals surface area contributed by atoms with Gasteiger partial charge in [-0.1, -0.05) is 30.3 Å². The van der Waals surface area contributed by atoms with Crippen LogP contribution in [0.1, 0.15) is 26.3 Å². The van der Waals surface area contributed by atoms with Gasteiger partial charge in [0, 0.05) is 22.8 Å². The zero-order valence-electron chi connectivity index (χ0n) is 15.9. The minimum Gasteiger partial charge on any atom is -0.361 e. The zero-order chi connectivity index (χ0) is 20.7. The molecule has 0 aliphatic carbocycles. The van der Waals surface area contributed by atoms with Crippen molar-refractivity contribution in [2.24, 2.45) is 0 Å². The van der Waals surface area contributed by atoms with Crippen LogP contribution in [-0.2, 0) is 11.2 Å². The number of fused-ring (bicyclic) bond motifs is 2. The van der Waals surface area contributed by atoms with Crippen LogP contribution in [0.15, 0.2) is 79.0 Å². The molecule has 6 nitrogen and oxygen atoms in total. The second-order valence-electron chi connectivity index (χ2n) is 7.12. The summed E-state index contributed by atoms with van der Waals surface area (Å²) >= 11 is 0. The number of nitrogens with zero attached hydrogens (tertiary/aromatic N) is 1. The van der Waals surface area contributed by atoms with Gasteiger partial charge < -0.3 is 10.3 Å². The number of H-pyrrole nitrogens is 1. The third-order valence-electron chi connectivity index (χ3n) is 5.23. The van der Waals surface area contributed by atoms with Crippen molar-refractivity contribution in [3.05, 3.63) is 95.7 Å². The highest BCUT2D eigenvalue weighted by atomic mass is 16.2. The van der Waals surface area contributed by atoms with Crippen LogP contribution in [0.3, 0.4) is 0 Å². The van der Waals surface area contributed by atoms with Gasteiger partial charge in [0.25, 0.3) is 11.8 Å². The fraction of sp³-hybridized carbons (Fsp3) is 0.0417. The summed E-state index contributed by atoms with van der Waals surface area (Å²) in [7, 11) is 0. The Morgan fingerprint density at radius 1 is 0.833 bits per heavy atom. The van der Waals surface area contributed by atoms with E-state index in [9.17, 15) is 14.4 Å². The lowest BCUT2D eigenvalue weighted by atomic mass is 10.1. The van der Waals surface area contributed by atoms with Crippen LogP contribution >= 0.6 is 0 Å². The molecule has 3 amide bonds. The van der Waals surface area contributed by atoms with Crippen molar-refractivity contribution in [1.82, 2.24) is 4.98 Å². The minimum absolute atomic E-state index is 0.145. The second-order valence-corrected chi connectivity index (χ2v) is 7.12. The van der Waals surface area contributed by atoms with Gasteiger partial charge in [0.1, 0.15) is 0 Å². The Bertz CT molecular complexity index is 1270. The molecular weight excluding hydrogens is 378 g/mol. The van der Waals surface area contributed by atoms with Crippen LogP contribution in [0.5, 0.6) is 0 Å². The van der Waals surface area contributed by atoms with Crippen LogP contribution in [0.25, 0.3) is 10.9 Å². The molecule has 0 atom stereocenters. The van der Waals surface area contributed by atoms with Gasteiger partial charge >= 0.3 is 0 Å². The van der Waals surface area contributed by atoms with Crippen molar-refractivity contribution in [2.45, 2.75) is 6.42 Å². The number of imide groups is 1. The number of carbonyl (C=O) groups excluding carboxylic acids is 3. The summed E-state index contributed by atoms with van der Waals surface area (Å²) in [5.74, 6) is -0.827. The van der Waals surface area contributed by atoms with Crippen LogP contribution in [-0.4, -0.2) is 22.7 Å². The lowest BCUT2D eigenvalue weighted by Gasteiger charge is -2.14. The fourth-order valence-electron chi connectivity index (χ4n) is 3.77. The van der Waals surface area contributed by atoms with E-state index >= 15 is 0 Å². The van der Waals surface area contributed by atoms with Gasteiger partial charge in [-0.3, -0.25) is 14.4 Å². The van der Waals surface area contributed by atoms with Crippen molar-refractivity contribution >= 4 is 40.0 Å². The number of para-hydroxylation sites is 1. The summed E-state index contributed by atoms with van der Waals surface area (Å²) in [4.78, 5) is 42.0. The molecular formula is C24H17N3O3. The number of hydrogen-bond acceptors (Lipinski definition) is 3. The van der Waals surface area contributed by atoms with Crippen LogP contribution in [0.4, 0.5) is 11.4 Å². The van der Waals surface area contributed by atoms with Crippen molar-refractivity contribution in [1.29, 1.82) is 0 Å². The molecule has 0 saturated carbocycles. The molecule has 1 aliphatic heterocycles. The molecule has 146 valence electrons. The van der Waals surface area contributed by atoms with Gasteiger partial charge in [-0.25, -0.2) is 4.90 Å². The average molecular weight is 395 g/mol. The van der Waals surface area contributed by atoms with E-state index in [1.807, 2.05) is 30.5 Å². The Labute approximate surface area is 172 Å². The second kappa shape index (κ2) is 7.00. The Hall–Kier alpha value is -4.19. The SMILES string of the molecule is O=C(Cc1c[nH]c2ccccc12)Nc1ccc(N2C(=O)c3ccccc3C2=O)cc1. The highest BCUT2D eigenvalue weighted by Gasteiger charge is 2.36. The fourth-order valence-corrected chi connectivity index (χ4v) is 3.77. The van der Waals surface area contributed by atoms with Gasteiger partial charge in [0.05, 0.1) is 23.2 Å². The number of hydrogen-bond donors (Lipinski definition) is 2. The molecule has 4 aromatic rings. The number of rotatable bonds is 4. The quantitative estimate of drug-likeness (QED) is 0.509. The van der Waals surface area contributed by atoms with Crippen molar-refractivity contribution < 1.29 is 14.4 Å². The molecule has 3 aromatic carbocycles. The van der Waals surface area contributed by atoms with Gasteiger partial charge in [0.15, 0.2) is 0 Å². The average Bonchev–Trinajstić information content (AvgIpc) is 3.28. The minimum atomic E-state index is -0.341. The predicted molar refractivity (Wildman–Crippen MR) is 115 cm³/mol. The molecule has 0 radical (unpaired) electrons. The molecule has 0 fully saturated rings. The number of amides is 3. The van der Waals surface area contributed by atoms with Gasteiger partial charge in [-0.15, -0.1) is 0 Å². The normalized spacial score (nSPS) is 13.0. The number of aromatic nitrogens is 1. The maximum absolute atomic E-state index is 12.6. The summed E-state index contributed by atoms with van der Waals surface area (Å²) in [5.41, 5.74) is 3.78. The lowest BCUT2D eigenvalue weighted by molar-refractivity contribution is -0.115. The topological polar surface area (TPSA) is 82.3 Å². The van der Waals surface area contributed by atoms with Crippen LogP contribution < -0.4 is 10.2 Å². The van der Waals surface area contributed by atoms with Gasteiger partial charge in [0.2, 0.25) is 5.91 Å². The summed E-state index contributed by atoms with van der Waals surface area (Å²) in [6, 6.07) is 21.3. The highest BCUT2D eigenvalue weighted by molar-refractivity contribution is 6.34. The van der Waals surface area contributed by atoms with E-state index < -0.39 is 0 Å². The van der Waals surface area contributed by atoms with E-state index in [0.29, 0.717) is 22.5 Å². The zero-order valence-corrected chi connectivity index (χ0v) is 15.9. The van der Waals surface area contributed by atoms with Gasteiger partial charge in [-0.05, 0) is 48.0 Å². The largest absolute Gasteiger partial charge is 0.361 e. The Morgan fingerprint density at radius 3 is 2.17 bits per heavy atom. The third-order valence-corrected chi connectivity index (χ3v) is 5.23. The highest BCUT2D eigenvalue weighted by Crippen LogP contribution is 2.29. The maximum atomic E-state index is 12.6. The molecule has 6 heteroatoms. The van der Waals surface area contributed by atoms with E-state index in [1.165, 1.54) is 0 Å². The Morgan fingerprint density at radius 2 is 1.47 bits per heavy atom. The van der Waals surface area contributed by atoms with E-state index in [0.717, 1.165) is 21.4 Å². The van der Waals surface area contributed by atoms with E-state index in [1.54, 1.807) is 48.5 Å². The van der Waals surface area contributed by atoms with Crippen molar-refractivity contribution in [3.63, 3.8) is 0 Å². The number of nitrogens with one attached hydrogen (secondary N) is 2. The Balaban J connectivity index is 1.30. The Kier molecular flexibility index (Phi) is 4.17. The summed E-state index contributed by atoms with van der Waals surface area (Å²) < 4.78 is 0. The smallest absolute Gasteiger partial charge is 0.266 e. The van der Waals surface area contributed by atoms with E-state index in [4.69, 9.17) is 0 Å². The van der Waals surface area contributed by atoms with Crippen LogP contribution in [0.2, 0.25) is 0 Å². The molecule has 2 N–H and O–H groups in total. The molecule has 1 aliphatic rings. The van der Waals surface area contributed by atoms with Gasteiger partial charge in [-0.2, -0.15) is 0 Å². The molecule has 0 bridgehead atoms. The van der Waals surface area contributed by atoms with E-state index in [-0.39, 0.29) is 24.1 Å². The third kappa shape index (κ3) is 2.95. The van der Waals surface area contributed by atoms with E-state index in [2.05, 4.69) is 10.3 Å². The molecule has 30 heavy (non-hydrogen) atoms. The summed E-state index contributed by atoms with van der Waals surface area (Å²) in [6.45, 7) is 0. The summed E-state index contributed by atoms with van der Waals surface area (Å²) in [5, 5.41) is 3.88. The maximum Gasteiger partial charge on any atom is 0.266 e. The molecule has 0 spiro atoms. The first-order chi connectivity index (χ1) is 14.6. The number of benzene rings is 3. The number of carbonyl (C=O) groups is 3.